The average Bonchev–Trinajstić information content (AvgIpc) is 2.98. The van der Waals surface area contributed by atoms with Gasteiger partial charge in [0.1, 0.15) is 5.60 Å². The molecule has 7 nitrogen and oxygen atoms in total. The third kappa shape index (κ3) is 5.21. The van der Waals surface area contributed by atoms with Crippen LogP contribution in [0, 0.1) is 24.7 Å². The largest absolute Gasteiger partial charge is 0.443 e. The molecule has 8 heteroatoms. The van der Waals surface area contributed by atoms with Crippen LogP contribution >= 0.6 is 0 Å². The van der Waals surface area contributed by atoms with Gasteiger partial charge in [-0.15, -0.1) is 0 Å². The number of carbonyl (C=O) groups excluding carboxylic acids is 1. The van der Waals surface area contributed by atoms with E-state index in [4.69, 9.17) is 8.92 Å². The predicted octanol–water partition coefficient (Wildman–Crippen LogP) is 2.71. The molecule has 1 aromatic rings. The number of hydrazine groups is 1. The van der Waals surface area contributed by atoms with Crippen molar-refractivity contribution in [1.29, 1.82) is 0 Å². The van der Waals surface area contributed by atoms with Crippen LogP contribution in [-0.2, 0) is 19.0 Å². The van der Waals surface area contributed by atoms with Crippen molar-refractivity contribution in [2.24, 2.45) is 17.8 Å². The van der Waals surface area contributed by atoms with Crippen LogP contribution < -0.4 is 5.43 Å². The number of nitrogens with zero attached hydrogens (tertiary/aromatic N) is 1. The first-order chi connectivity index (χ1) is 12.5. The number of benzene rings is 1. The molecule has 2 aliphatic rings. The van der Waals surface area contributed by atoms with Gasteiger partial charge < -0.3 is 4.74 Å². The summed E-state index contributed by atoms with van der Waals surface area (Å²) < 4.78 is 34.8. The van der Waals surface area contributed by atoms with E-state index < -0.39 is 21.8 Å². The van der Waals surface area contributed by atoms with Crippen molar-refractivity contribution in [3.63, 3.8) is 0 Å². The predicted molar refractivity (Wildman–Crippen MR) is 100 cm³/mol. The summed E-state index contributed by atoms with van der Waals surface area (Å²) in [6.07, 6.45) is 0.272. The molecule has 1 saturated carbocycles. The molecule has 0 bridgehead atoms. The van der Waals surface area contributed by atoms with Gasteiger partial charge in [0, 0.05) is 13.1 Å². The first-order valence-corrected chi connectivity index (χ1v) is 10.7. The second kappa shape index (κ2) is 7.41. The van der Waals surface area contributed by atoms with Gasteiger partial charge in [-0.25, -0.2) is 9.80 Å². The summed E-state index contributed by atoms with van der Waals surface area (Å²) in [4.78, 5) is 12.0. The number of amides is 1. The Bertz CT molecular complexity index is 773. The fourth-order valence-electron chi connectivity index (χ4n) is 3.67. The van der Waals surface area contributed by atoms with E-state index in [1.165, 1.54) is 0 Å². The number of carbonyl (C=O) groups is 1. The molecular weight excluding hydrogens is 368 g/mol. The number of aryl methyl sites for hydroxylation is 1. The summed E-state index contributed by atoms with van der Waals surface area (Å²) in [6.45, 7) is 9.11. The highest BCUT2D eigenvalue weighted by molar-refractivity contribution is 7.86. The second-order valence-electron chi connectivity index (χ2n) is 8.39. The number of ether oxygens (including phenoxy) is 1. The number of nitrogens with one attached hydrogen (secondary N) is 1. The maximum absolute atomic E-state index is 12.2. The van der Waals surface area contributed by atoms with E-state index in [0.717, 1.165) is 18.7 Å². The van der Waals surface area contributed by atoms with Crippen LogP contribution in [0.25, 0.3) is 0 Å². The molecular formula is C19H28N2O5S. The second-order valence-corrected chi connectivity index (χ2v) is 10.0. The van der Waals surface area contributed by atoms with Crippen LogP contribution in [0.15, 0.2) is 29.2 Å². The lowest BCUT2D eigenvalue weighted by Crippen LogP contribution is -2.44. The average molecular weight is 397 g/mol. The summed E-state index contributed by atoms with van der Waals surface area (Å²) in [5, 5.41) is 1.88. The zero-order valence-electron chi connectivity index (χ0n) is 16.3. The maximum atomic E-state index is 12.2. The van der Waals surface area contributed by atoms with Crippen LogP contribution in [0.5, 0.6) is 0 Å². The van der Waals surface area contributed by atoms with E-state index in [0.29, 0.717) is 24.2 Å². The van der Waals surface area contributed by atoms with Gasteiger partial charge in [0.2, 0.25) is 0 Å². The number of piperidine rings is 1. The minimum absolute atomic E-state index is 0.188. The molecule has 2 unspecified atom stereocenters. The zero-order chi connectivity index (χ0) is 19.8. The van der Waals surface area contributed by atoms with Gasteiger partial charge in [0.25, 0.3) is 10.1 Å². The summed E-state index contributed by atoms with van der Waals surface area (Å²) in [6, 6.07) is 6.65. The van der Waals surface area contributed by atoms with Gasteiger partial charge in [-0.1, -0.05) is 17.7 Å². The van der Waals surface area contributed by atoms with Crippen molar-refractivity contribution in [3.8, 4) is 0 Å². The summed E-state index contributed by atoms with van der Waals surface area (Å²) >= 11 is 0. The van der Waals surface area contributed by atoms with Crippen molar-refractivity contribution in [2.75, 3.05) is 19.7 Å². The summed E-state index contributed by atoms with van der Waals surface area (Å²) in [7, 11) is -3.70. The van der Waals surface area contributed by atoms with Crippen LogP contribution in [-0.4, -0.2) is 44.8 Å². The maximum Gasteiger partial charge on any atom is 0.422 e. The van der Waals surface area contributed by atoms with Crippen LogP contribution in [0.4, 0.5) is 4.79 Å². The molecule has 1 amide bonds. The Morgan fingerprint density at radius 2 is 1.78 bits per heavy atom. The van der Waals surface area contributed by atoms with Gasteiger partial charge in [0.05, 0.1) is 11.5 Å². The standard InChI is InChI=1S/C19H28N2O5S/c1-13-5-7-14(8-6-13)27(23,24)25-10-9-15-16-11-21(12-17(15)16)20-18(22)26-19(2,3)4/h5-8,15-17H,9-12H2,1-4H3,(H,20,22). The summed E-state index contributed by atoms with van der Waals surface area (Å²) in [5.41, 5.74) is 3.25. The topological polar surface area (TPSA) is 84.9 Å². The van der Waals surface area contributed by atoms with E-state index in [1.807, 2.05) is 32.7 Å². The number of fused-ring (bicyclic) bond motifs is 1. The molecule has 1 saturated heterocycles. The lowest BCUT2D eigenvalue weighted by molar-refractivity contribution is 0.0340. The van der Waals surface area contributed by atoms with E-state index >= 15 is 0 Å². The Morgan fingerprint density at radius 1 is 1.19 bits per heavy atom. The lowest BCUT2D eigenvalue weighted by Gasteiger charge is -2.24. The first kappa shape index (κ1) is 20.1. The smallest absolute Gasteiger partial charge is 0.422 e. The van der Waals surface area contributed by atoms with Gasteiger partial charge in [-0.2, -0.15) is 8.42 Å². The fraction of sp³-hybridized carbons (Fsp3) is 0.632. The Balaban J connectivity index is 1.38. The summed E-state index contributed by atoms with van der Waals surface area (Å²) in [5.74, 6) is 1.41. The zero-order valence-corrected chi connectivity index (χ0v) is 17.1. The highest BCUT2D eigenvalue weighted by Crippen LogP contribution is 2.53. The van der Waals surface area contributed by atoms with Crippen LogP contribution in [0.2, 0.25) is 0 Å². The Kier molecular flexibility index (Phi) is 5.52. The normalized spacial score (nSPS) is 25.1. The Labute approximate surface area is 161 Å². The third-order valence-electron chi connectivity index (χ3n) is 5.02. The highest BCUT2D eigenvalue weighted by atomic mass is 32.2. The van der Waals surface area contributed by atoms with E-state index in [2.05, 4.69) is 5.43 Å². The van der Waals surface area contributed by atoms with Gasteiger partial charge in [-0.3, -0.25) is 9.61 Å². The molecule has 2 atom stereocenters. The molecule has 2 fully saturated rings. The quantitative estimate of drug-likeness (QED) is 0.744. The van der Waals surface area contributed by atoms with Crippen molar-refractivity contribution >= 4 is 16.2 Å². The van der Waals surface area contributed by atoms with Gasteiger partial charge in [0.15, 0.2) is 0 Å². The molecule has 0 radical (unpaired) electrons. The van der Waals surface area contributed by atoms with Crippen molar-refractivity contribution < 1.29 is 22.1 Å². The van der Waals surface area contributed by atoms with Gasteiger partial charge >= 0.3 is 6.09 Å². The molecule has 3 rings (SSSR count). The van der Waals surface area contributed by atoms with E-state index in [1.54, 1.807) is 24.3 Å². The molecule has 1 aromatic carbocycles. The molecule has 150 valence electrons. The molecule has 1 heterocycles. The molecule has 1 aliphatic carbocycles. The van der Waals surface area contributed by atoms with Gasteiger partial charge in [-0.05, 0) is 64.0 Å². The van der Waals surface area contributed by atoms with Crippen molar-refractivity contribution in [3.05, 3.63) is 29.8 Å². The van der Waals surface area contributed by atoms with Crippen LogP contribution in [0.1, 0.15) is 32.8 Å². The van der Waals surface area contributed by atoms with Crippen molar-refractivity contribution in [2.45, 2.75) is 44.6 Å². The fourth-order valence-corrected chi connectivity index (χ4v) is 4.59. The van der Waals surface area contributed by atoms with Crippen molar-refractivity contribution in [1.82, 2.24) is 10.4 Å². The number of rotatable bonds is 6. The monoisotopic (exact) mass is 396 g/mol. The number of hydrogen-bond donors (Lipinski definition) is 1. The van der Waals surface area contributed by atoms with E-state index in [9.17, 15) is 13.2 Å². The molecule has 1 N–H and O–H groups in total. The molecule has 0 spiro atoms. The number of hydrogen-bond acceptors (Lipinski definition) is 6. The highest BCUT2D eigenvalue weighted by Gasteiger charge is 2.55. The minimum atomic E-state index is -3.70. The Hall–Kier alpha value is -1.64. The van der Waals surface area contributed by atoms with Crippen LogP contribution in [0.3, 0.4) is 0 Å². The molecule has 1 aliphatic heterocycles. The lowest BCUT2D eigenvalue weighted by atomic mass is 10.2. The third-order valence-corrected chi connectivity index (χ3v) is 6.35. The molecule has 0 aromatic heterocycles. The Morgan fingerprint density at radius 3 is 2.33 bits per heavy atom. The SMILES string of the molecule is Cc1ccc(S(=O)(=O)OCCC2C3CN(NC(=O)OC(C)(C)C)CC23)cc1. The van der Waals surface area contributed by atoms with E-state index in [-0.39, 0.29) is 11.5 Å². The minimum Gasteiger partial charge on any atom is -0.443 e. The molecule has 27 heavy (non-hydrogen) atoms. The first-order valence-electron chi connectivity index (χ1n) is 9.26.